The van der Waals surface area contributed by atoms with Gasteiger partial charge in [0, 0.05) is 0 Å². The Kier molecular flexibility index (Phi) is 5.32. The zero-order valence-corrected chi connectivity index (χ0v) is 12.1. The molecule has 0 saturated carbocycles. The van der Waals surface area contributed by atoms with Gasteiger partial charge < -0.3 is 22.7 Å². The molecule has 0 radical (unpaired) electrons. The Morgan fingerprint density at radius 3 is 1.36 bits per heavy atom. The average Bonchev–Trinajstić information content (AvgIpc) is 3.05. The van der Waals surface area contributed by atoms with Crippen molar-refractivity contribution >= 4 is 22.1 Å². The first-order chi connectivity index (χ1) is 9.75. The smallest absolute Gasteiger partial charge is 0.112 e. The van der Waals surface area contributed by atoms with Crippen LogP contribution >= 0.6 is 0 Å². The van der Waals surface area contributed by atoms with Crippen LogP contribution in [-0.4, -0.2) is 30.3 Å². The van der Waals surface area contributed by atoms with E-state index < -0.39 is 0 Å². The van der Waals surface area contributed by atoms with Gasteiger partial charge in [0.05, 0.1) is 11.0 Å². The molecule has 2 aromatic heterocycles. The van der Waals surface area contributed by atoms with E-state index >= 15 is 0 Å². The molecule has 0 fully saturated rings. The van der Waals surface area contributed by atoms with Crippen molar-refractivity contribution in [1.82, 2.24) is 42.6 Å². The van der Waals surface area contributed by atoms with Crippen molar-refractivity contribution in [2.24, 2.45) is 0 Å². The van der Waals surface area contributed by atoms with Crippen LogP contribution in [0.5, 0.6) is 0 Å². The molecule has 0 unspecified atom stereocenters. The van der Waals surface area contributed by atoms with Crippen molar-refractivity contribution in [3.63, 3.8) is 0 Å². The lowest BCUT2D eigenvalue weighted by Crippen LogP contribution is -1.85. The normalized spacial score (nSPS) is 9.45. The number of hydrogen-bond donors (Lipinski definition) is 2. The Bertz CT molecular complexity index is 784. The van der Waals surface area contributed by atoms with Crippen LogP contribution in [-0.2, 0) is 0 Å². The molecular weight excluding hydrogens is 288 g/mol. The lowest BCUT2D eigenvalue weighted by atomic mass is 10.3. The Balaban J connectivity index is 0.000000202. The first kappa shape index (κ1) is 16.8. The number of rotatable bonds is 0. The minimum atomic E-state index is 0. The Morgan fingerprint density at radius 1 is 0.636 bits per heavy atom. The molecule has 0 saturated heterocycles. The molecule has 10 nitrogen and oxygen atoms in total. The number of hydrogen-bond acceptors (Lipinski definition) is 6. The maximum absolute atomic E-state index is 10.7. The minimum absolute atomic E-state index is 0. The molecule has 10 heteroatoms. The molecule has 8 N–H and O–H groups in total. The zero-order chi connectivity index (χ0) is 13.9. The van der Waals surface area contributed by atoms with Crippen LogP contribution in [0.3, 0.4) is 0 Å². The van der Waals surface area contributed by atoms with Crippen LogP contribution in [0.25, 0.3) is 22.1 Å². The van der Waals surface area contributed by atoms with Crippen LogP contribution in [0.4, 0.5) is 0 Å². The first-order valence-electron chi connectivity index (χ1n) is 5.71. The maximum atomic E-state index is 10.7. The van der Waals surface area contributed by atoms with E-state index in [1.165, 1.54) is 0 Å². The van der Waals surface area contributed by atoms with Crippen LogP contribution in [0.15, 0.2) is 48.5 Å². The van der Waals surface area contributed by atoms with Crippen molar-refractivity contribution < 1.29 is 0 Å². The standard InChI is InChI=1S/2C6H4N3O.2H3N/c2*10-9-6-4-2-1-3-5(6)7-8-9;;/h2*1-4H;2*1H3/q2*-1;;/p+2. The molecule has 2 aromatic carbocycles. The summed E-state index contributed by atoms with van der Waals surface area (Å²) in [4.78, 5) is 1.02. The van der Waals surface area contributed by atoms with Gasteiger partial charge in [0.2, 0.25) is 0 Å². The number of aromatic nitrogens is 6. The molecule has 0 aliphatic rings. The number of quaternary nitrogens is 2. The third-order valence-corrected chi connectivity index (χ3v) is 2.64. The summed E-state index contributed by atoms with van der Waals surface area (Å²) in [6.45, 7) is 0. The molecular formula is C12H16N8O2. The van der Waals surface area contributed by atoms with Gasteiger partial charge in [0.1, 0.15) is 11.0 Å². The second kappa shape index (κ2) is 6.97. The first-order valence-corrected chi connectivity index (χ1v) is 5.71. The predicted molar refractivity (Wildman–Crippen MR) is 84.6 cm³/mol. The molecule has 0 bridgehead atoms. The Labute approximate surface area is 124 Å². The Morgan fingerprint density at radius 2 is 1.00 bits per heavy atom. The van der Waals surface area contributed by atoms with Crippen molar-refractivity contribution in [2.45, 2.75) is 0 Å². The SMILES string of the molecule is [NH4+].[NH4+].[O-]n1nnc2ccccc21.[O-]n1nnc2ccccc21. The number of fused-ring (bicyclic) bond motifs is 2. The van der Waals surface area contributed by atoms with E-state index in [1.807, 2.05) is 12.1 Å². The van der Waals surface area contributed by atoms with Gasteiger partial charge in [0.25, 0.3) is 0 Å². The van der Waals surface area contributed by atoms with E-state index in [0.29, 0.717) is 31.8 Å². The number of para-hydroxylation sites is 2. The zero-order valence-electron chi connectivity index (χ0n) is 12.1. The number of nitrogens with zero attached hydrogens (tertiary/aromatic N) is 6. The maximum Gasteiger partial charge on any atom is 0.112 e. The highest BCUT2D eigenvalue weighted by Gasteiger charge is 1.94. The summed E-state index contributed by atoms with van der Waals surface area (Å²) in [6.07, 6.45) is 0. The summed E-state index contributed by atoms with van der Waals surface area (Å²) in [7, 11) is 0. The third-order valence-electron chi connectivity index (χ3n) is 2.64. The molecule has 2 heterocycles. The molecule has 0 aliphatic carbocycles. The summed E-state index contributed by atoms with van der Waals surface area (Å²) in [6, 6.07) is 14.0. The van der Waals surface area contributed by atoms with E-state index in [0.717, 1.165) is 0 Å². The van der Waals surface area contributed by atoms with E-state index in [2.05, 4.69) is 20.6 Å². The molecule has 0 atom stereocenters. The van der Waals surface area contributed by atoms with Gasteiger partial charge in [-0.1, -0.05) is 34.7 Å². The highest BCUT2D eigenvalue weighted by Crippen LogP contribution is 2.07. The van der Waals surface area contributed by atoms with Crippen molar-refractivity contribution in [1.29, 1.82) is 0 Å². The summed E-state index contributed by atoms with van der Waals surface area (Å²) >= 11 is 0. The largest absolute Gasteiger partial charge is 0.789 e. The van der Waals surface area contributed by atoms with E-state index in [-0.39, 0.29) is 12.3 Å². The fraction of sp³-hybridized carbons (Fsp3) is 0. The molecule has 4 rings (SSSR count). The van der Waals surface area contributed by atoms with Crippen molar-refractivity contribution in [3.8, 4) is 0 Å². The van der Waals surface area contributed by atoms with Crippen LogP contribution in [0.1, 0.15) is 0 Å². The predicted octanol–water partition coefficient (Wildman–Crippen LogP) is 2.31. The lowest BCUT2D eigenvalue weighted by molar-refractivity contribution is 0.828. The van der Waals surface area contributed by atoms with Gasteiger partial charge in [-0.05, 0) is 24.3 Å². The molecule has 0 aliphatic heterocycles. The third kappa shape index (κ3) is 3.08. The van der Waals surface area contributed by atoms with Crippen molar-refractivity contribution in [2.75, 3.05) is 0 Å². The van der Waals surface area contributed by atoms with Gasteiger partial charge in [-0.2, -0.15) is 0 Å². The summed E-state index contributed by atoms with van der Waals surface area (Å²) < 4.78 is 0. The average molecular weight is 304 g/mol. The van der Waals surface area contributed by atoms with E-state index in [1.54, 1.807) is 36.4 Å². The minimum Gasteiger partial charge on any atom is -0.789 e. The second-order valence-electron chi connectivity index (χ2n) is 3.90. The van der Waals surface area contributed by atoms with Gasteiger partial charge in [-0.3, -0.25) is 9.69 Å². The molecule has 0 amide bonds. The van der Waals surface area contributed by atoms with Crippen LogP contribution in [0.2, 0.25) is 0 Å². The monoisotopic (exact) mass is 304 g/mol. The molecule has 22 heavy (non-hydrogen) atoms. The van der Waals surface area contributed by atoms with Crippen LogP contribution < -0.4 is 12.3 Å². The summed E-state index contributed by atoms with van der Waals surface area (Å²) in [5.74, 6) is 0. The second-order valence-corrected chi connectivity index (χ2v) is 3.90. The molecule has 4 aromatic rings. The van der Waals surface area contributed by atoms with Crippen LogP contribution in [0, 0.1) is 10.4 Å². The van der Waals surface area contributed by atoms with Gasteiger partial charge in [0.15, 0.2) is 0 Å². The van der Waals surface area contributed by atoms with Gasteiger partial charge in [-0.25, -0.2) is 0 Å². The fourth-order valence-corrected chi connectivity index (χ4v) is 1.69. The van der Waals surface area contributed by atoms with Gasteiger partial charge in [-0.15, -0.1) is 10.2 Å². The topological polar surface area (TPSA) is 181 Å². The van der Waals surface area contributed by atoms with E-state index in [9.17, 15) is 10.4 Å². The quantitative estimate of drug-likeness (QED) is 0.502. The molecule has 116 valence electrons. The van der Waals surface area contributed by atoms with E-state index in [4.69, 9.17) is 0 Å². The lowest BCUT2D eigenvalue weighted by Gasteiger charge is -2.00. The fourth-order valence-electron chi connectivity index (χ4n) is 1.69. The summed E-state index contributed by atoms with van der Waals surface area (Å²) in [5, 5.41) is 35.3. The molecule has 0 spiro atoms. The highest BCUT2D eigenvalue weighted by atomic mass is 16.5. The summed E-state index contributed by atoms with van der Waals surface area (Å²) in [5.41, 5.74) is 2.31. The van der Waals surface area contributed by atoms with Gasteiger partial charge >= 0.3 is 0 Å². The number of benzene rings is 2. The Hall–Kier alpha value is -3.24. The highest BCUT2D eigenvalue weighted by molar-refractivity contribution is 5.74. The van der Waals surface area contributed by atoms with Crippen molar-refractivity contribution in [3.05, 3.63) is 58.9 Å².